The molecular weight excluding hydrogens is 382 g/mol. The highest BCUT2D eigenvalue weighted by Gasteiger charge is 2.51. The Bertz CT molecular complexity index is 561. The van der Waals surface area contributed by atoms with Crippen molar-refractivity contribution in [3.63, 3.8) is 0 Å². The van der Waals surface area contributed by atoms with Gasteiger partial charge in [-0.25, -0.2) is 0 Å². The summed E-state index contributed by atoms with van der Waals surface area (Å²) >= 11 is 0. The Morgan fingerprint density at radius 3 is 2.25 bits per heavy atom. The number of aliphatic hydroxyl groups is 4. The SMILES string of the molecule is COC1C(C(=O)[O-])OC(OC2C(O)C(CO)O[C@H](C)C2NC(C)=O)C(O)C1O. The second-order valence-corrected chi connectivity index (χ2v) is 6.81. The minimum atomic E-state index is -1.75. The van der Waals surface area contributed by atoms with Crippen molar-refractivity contribution in [1.29, 1.82) is 0 Å². The van der Waals surface area contributed by atoms with Crippen LogP contribution in [0.15, 0.2) is 0 Å². The summed E-state index contributed by atoms with van der Waals surface area (Å²) in [6.07, 6.45) is -12.7. The lowest BCUT2D eigenvalue weighted by Crippen LogP contribution is -2.68. The summed E-state index contributed by atoms with van der Waals surface area (Å²) in [6, 6.07) is -0.912. The van der Waals surface area contributed by atoms with Crippen molar-refractivity contribution in [3.05, 3.63) is 0 Å². The highest BCUT2D eigenvalue weighted by Crippen LogP contribution is 2.29. The van der Waals surface area contributed by atoms with Crippen LogP contribution in [0.4, 0.5) is 0 Å². The third kappa shape index (κ3) is 4.60. The van der Waals surface area contributed by atoms with Crippen molar-refractivity contribution in [2.75, 3.05) is 13.7 Å². The van der Waals surface area contributed by atoms with E-state index in [2.05, 4.69) is 5.32 Å². The molecule has 0 aliphatic carbocycles. The molecule has 28 heavy (non-hydrogen) atoms. The van der Waals surface area contributed by atoms with E-state index in [4.69, 9.17) is 18.9 Å². The number of aliphatic hydroxyl groups excluding tert-OH is 4. The first-order valence-electron chi connectivity index (χ1n) is 8.74. The van der Waals surface area contributed by atoms with Crippen LogP contribution >= 0.6 is 0 Å². The van der Waals surface area contributed by atoms with Crippen LogP contribution in [0.3, 0.4) is 0 Å². The molecule has 2 fully saturated rings. The van der Waals surface area contributed by atoms with Gasteiger partial charge in [0.15, 0.2) is 6.29 Å². The predicted octanol–water partition coefficient (Wildman–Crippen LogP) is -4.77. The van der Waals surface area contributed by atoms with E-state index in [0.29, 0.717) is 0 Å². The van der Waals surface area contributed by atoms with Gasteiger partial charge >= 0.3 is 0 Å². The fourth-order valence-corrected chi connectivity index (χ4v) is 3.44. The molecule has 10 atom stereocenters. The number of carboxylic acids is 1. The van der Waals surface area contributed by atoms with E-state index < -0.39 is 79.6 Å². The lowest BCUT2D eigenvalue weighted by atomic mass is 9.92. The number of nitrogens with one attached hydrogen (secondary N) is 1. The zero-order valence-corrected chi connectivity index (χ0v) is 15.6. The number of ether oxygens (including phenoxy) is 4. The number of amides is 1. The van der Waals surface area contributed by atoms with Gasteiger partial charge in [-0.05, 0) is 6.92 Å². The number of aliphatic carboxylic acids is 1. The van der Waals surface area contributed by atoms with E-state index in [-0.39, 0.29) is 0 Å². The standard InChI is InChI=1S/C16H27NO11/c1-5-8(17-6(2)19)12(9(20)7(4-18)26-5)27-16-11(22)10(21)13(25-3)14(28-16)15(23)24/h5,7-14,16,18,20-22H,4H2,1-3H3,(H,17,19)(H,23,24)/p-1/t5-,7?,8?,9?,10?,11?,12?,13?,14?,16?/m1/s1. The van der Waals surface area contributed by atoms with Crippen molar-refractivity contribution >= 4 is 11.9 Å². The molecular formula is C16H26NO11-. The van der Waals surface area contributed by atoms with Crippen molar-refractivity contribution in [1.82, 2.24) is 5.32 Å². The molecule has 12 nitrogen and oxygen atoms in total. The third-order valence-electron chi connectivity index (χ3n) is 4.86. The Hall–Kier alpha value is -1.38. The molecule has 2 saturated heterocycles. The van der Waals surface area contributed by atoms with Gasteiger partial charge in [0.2, 0.25) is 5.91 Å². The molecule has 2 aliphatic rings. The number of carbonyl (C=O) groups is 2. The Morgan fingerprint density at radius 1 is 1.11 bits per heavy atom. The minimum Gasteiger partial charge on any atom is -0.547 e. The first kappa shape index (κ1) is 22.9. The van der Waals surface area contributed by atoms with Gasteiger partial charge in [0.1, 0.15) is 42.7 Å². The van der Waals surface area contributed by atoms with Crippen LogP contribution in [0, 0.1) is 0 Å². The van der Waals surface area contributed by atoms with Gasteiger partial charge in [-0.15, -0.1) is 0 Å². The largest absolute Gasteiger partial charge is 0.547 e. The molecule has 2 heterocycles. The van der Waals surface area contributed by atoms with Gasteiger partial charge in [0.05, 0.1) is 24.7 Å². The van der Waals surface area contributed by atoms with Crippen LogP contribution in [0.5, 0.6) is 0 Å². The maximum absolute atomic E-state index is 11.5. The number of rotatable bonds is 6. The molecule has 9 unspecified atom stereocenters. The molecule has 12 heteroatoms. The number of hydrogen-bond donors (Lipinski definition) is 5. The van der Waals surface area contributed by atoms with Crippen LogP contribution in [-0.2, 0) is 28.5 Å². The lowest BCUT2D eigenvalue weighted by Gasteiger charge is -2.47. The third-order valence-corrected chi connectivity index (χ3v) is 4.86. The summed E-state index contributed by atoms with van der Waals surface area (Å²) in [5.74, 6) is -2.15. The minimum absolute atomic E-state index is 0.457. The summed E-state index contributed by atoms with van der Waals surface area (Å²) in [7, 11) is 1.13. The highest BCUT2D eigenvalue weighted by atomic mass is 16.7. The number of hydrogen-bond acceptors (Lipinski definition) is 11. The highest BCUT2D eigenvalue weighted by molar-refractivity contribution is 5.73. The van der Waals surface area contributed by atoms with E-state index in [9.17, 15) is 35.1 Å². The van der Waals surface area contributed by atoms with Gasteiger partial charge < -0.3 is 54.6 Å². The van der Waals surface area contributed by atoms with Gasteiger partial charge in [-0.3, -0.25) is 4.79 Å². The van der Waals surface area contributed by atoms with E-state index >= 15 is 0 Å². The quantitative estimate of drug-likeness (QED) is 0.284. The molecule has 5 N–H and O–H groups in total. The first-order chi connectivity index (χ1) is 13.1. The van der Waals surface area contributed by atoms with E-state index in [1.807, 2.05) is 0 Å². The topological polar surface area (TPSA) is 187 Å². The zero-order chi connectivity index (χ0) is 21.2. The zero-order valence-electron chi connectivity index (χ0n) is 15.6. The second kappa shape index (κ2) is 9.41. The van der Waals surface area contributed by atoms with E-state index in [1.54, 1.807) is 6.92 Å². The summed E-state index contributed by atoms with van der Waals surface area (Å²) in [6.45, 7) is 2.25. The predicted molar refractivity (Wildman–Crippen MR) is 86.4 cm³/mol. The normalized spacial score (nSPS) is 44.1. The molecule has 0 aromatic carbocycles. The van der Waals surface area contributed by atoms with Crippen LogP contribution in [0.2, 0.25) is 0 Å². The van der Waals surface area contributed by atoms with Crippen LogP contribution < -0.4 is 10.4 Å². The van der Waals surface area contributed by atoms with Crippen LogP contribution in [-0.4, -0.2) is 107 Å². The summed E-state index contributed by atoms with van der Waals surface area (Å²) in [5.41, 5.74) is 0. The molecule has 0 spiro atoms. The van der Waals surface area contributed by atoms with Gasteiger partial charge in [0.25, 0.3) is 0 Å². The van der Waals surface area contributed by atoms with Crippen molar-refractivity contribution in [3.8, 4) is 0 Å². The number of carbonyl (C=O) groups excluding carboxylic acids is 2. The monoisotopic (exact) mass is 408 g/mol. The maximum atomic E-state index is 11.5. The molecule has 1 amide bonds. The van der Waals surface area contributed by atoms with E-state index in [1.165, 1.54) is 6.92 Å². The number of methoxy groups -OCH3 is 1. The summed E-state index contributed by atoms with van der Waals surface area (Å²) in [4.78, 5) is 22.8. The summed E-state index contributed by atoms with van der Waals surface area (Å²) in [5, 5.41) is 54.2. The fraction of sp³-hybridized carbons (Fsp3) is 0.875. The average Bonchev–Trinajstić information content (AvgIpc) is 2.63. The molecule has 0 saturated carbocycles. The van der Waals surface area contributed by atoms with E-state index in [0.717, 1.165) is 7.11 Å². The van der Waals surface area contributed by atoms with Crippen LogP contribution in [0.25, 0.3) is 0 Å². The molecule has 0 aromatic rings. The summed E-state index contributed by atoms with van der Waals surface area (Å²) < 4.78 is 21.1. The molecule has 0 bridgehead atoms. The fourth-order valence-electron chi connectivity index (χ4n) is 3.44. The Morgan fingerprint density at radius 2 is 1.75 bits per heavy atom. The lowest BCUT2D eigenvalue weighted by molar-refractivity contribution is -0.361. The van der Waals surface area contributed by atoms with Crippen molar-refractivity contribution < 1.29 is 54.1 Å². The van der Waals surface area contributed by atoms with Crippen LogP contribution in [0.1, 0.15) is 13.8 Å². The van der Waals surface area contributed by atoms with Gasteiger partial charge in [-0.2, -0.15) is 0 Å². The maximum Gasteiger partial charge on any atom is 0.217 e. The Kier molecular flexibility index (Phi) is 7.70. The van der Waals surface area contributed by atoms with Crippen molar-refractivity contribution in [2.24, 2.45) is 0 Å². The molecule has 162 valence electrons. The molecule has 0 radical (unpaired) electrons. The second-order valence-electron chi connectivity index (χ2n) is 6.81. The Labute approximate surface area is 160 Å². The average molecular weight is 408 g/mol. The first-order valence-corrected chi connectivity index (χ1v) is 8.74. The van der Waals surface area contributed by atoms with Gasteiger partial charge in [0, 0.05) is 14.0 Å². The molecule has 0 aromatic heterocycles. The van der Waals surface area contributed by atoms with Crippen molar-refractivity contribution in [2.45, 2.75) is 75.0 Å². The molecule has 2 rings (SSSR count). The Balaban J connectivity index is 2.26. The molecule has 2 aliphatic heterocycles. The number of carboxylic acid groups (broad SMARTS) is 1. The van der Waals surface area contributed by atoms with Gasteiger partial charge in [-0.1, -0.05) is 0 Å². The smallest absolute Gasteiger partial charge is 0.217 e.